The van der Waals surface area contributed by atoms with Gasteiger partial charge in [0, 0.05) is 12.3 Å². The molecule has 0 saturated heterocycles. The molecule has 8 heavy (non-hydrogen) atoms. The summed E-state index contributed by atoms with van der Waals surface area (Å²) in [5.74, 6) is 0. The minimum absolute atomic E-state index is 0.763. The maximum atomic E-state index is 5.33. The smallest absolute Gasteiger partial charge is 0.0392 e. The third kappa shape index (κ3) is 1.30. The Bertz CT molecular complexity index is 96.7. The maximum Gasteiger partial charge on any atom is 0.0392 e. The number of rotatable bonds is 2. The Morgan fingerprint density at radius 2 is 2.50 bits per heavy atom. The summed E-state index contributed by atoms with van der Waals surface area (Å²) in [6, 6.07) is 0. The van der Waals surface area contributed by atoms with Crippen LogP contribution in [0.4, 0.5) is 0 Å². The minimum atomic E-state index is 0.763. The average molecular weight is 112 g/mol. The SMILES string of the molecule is NCCC1=NCCC1. The van der Waals surface area contributed by atoms with Crippen molar-refractivity contribution in [3.8, 4) is 0 Å². The van der Waals surface area contributed by atoms with Crippen molar-refractivity contribution >= 4 is 5.71 Å². The van der Waals surface area contributed by atoms with Crippen molar-refractivity contribution < 1.29 is 0 Å². The van der Waals surface area contributed by atoms with Gasteiger partial charge in [-0.25, -0.2) is 0 Å². The maximum absolute atomic E-state index is 5.33. The van der Waals surface area contributed by atoms with Crippen molar-refractivity contribution in [2.45, 2.75) is 19.3 Å². The molecule has 2 heteroatoms. The van der Waals surface area contributed by atoms with Gasteiger partial charge in [0.1, 0.15) is 0 Å². The molecule has 2 nitrogen and oxygen atoms in total. The molecule has 0 amide bonds. The van der Waals surface area contributed by atoms with E-state index in [0.29, 0.717) is 0 Å². The molecular weight excluding hydrogens is 100 g/mol. The number of hydrogen-bond acceptors (Lipinski definition) is 2. The second-order valence-electron chi connectivity index (χ2n) is 2.09. The van der Waals surface area contributed by atoms with Crippen LogP contribution in [0.1, 0.15) is 19.3 Å². The second kappa shape index (κ2) is 2.82. The van der Waals surface area contributed by atoms with Gasteiger partial charge < -0.3 is 5.73 Å². The number of aliphatic imine (C=N–C) groups is 1. The number of nitrogens with zero attached hydrogens (tertiary/aromatic N) is 1. The van der Waals surface area contributed by atoms with Gasteiger partial charge in [0.15, 0.2) is 0 Å². The fourth-order valence-electron chi connectivity index (χ4n) is 0.970. The number of hydrogen-bond donors (Lipinski definition) is 1. The zero-order valence-corrected chi connectivity index (χ0v) is 5.06. The van der Waals surface area contributed by atoms with Crippen LogP contribution < -0.4 is 5.73 Å². The van der Waals surface area contributed by atoms with Crippen LogP contribution in [0.3, 0.4) is 0 Å². The van der Waals surface area contributed by atoms with E-state index in [-0.39, 0.29) is 0 Å². The third-order valence-corrected chi connectivity index (χ3v) is 1.39. The van der Waals surface area contributed by atoms with Crippen molar-refractivity contribution in [1.82, 2.24) is 0 Å². The summed E-state index contributed by atoms with van der Waals surface area (Å²) in [5, 5.41) is 0. The Hall–Kier alpha value is -0.370. The van der Waals surface area contributed by atoms with E-state index < -0.39 is 0 Å². The molecule has 0 aromatic heterocycles. The van der Waals surface area contributed by atoms with Gasteiger partial charge in [-0.05, 0) is 25.8 Å². The lowest BCUT2D eigenvalue weighted by molar-refractivity contribution is 0.943. The van der Waals surface area contributed by atoms with Crippen molar-refractivity contribution in [3.63, 3.8) is 0 Å². The summed E-state index contributed by atoms with van der Waals surface area (Å²) in [6.45, 7) is 1.80. The van der Waals surface area contributed by atoms with E-state index in [4.69, 9.17) is 5.73 Å². The van der Waals surface area contributed by atoms with E-state index in [2.05, 4.69) is 4.99 Å². The molecule has 0 saturated carbocycles. The predicted octanol–water partition coefficient (Wildman–Crippen LogP) is 0.570. The monoisotopic (exact) mass is 112 g/mol. The quantitative estimate of drug-likeness (QED) is 0.557. The average Bonchev–Trinajstić information content (AvgIpc) is 2.19. The highest BCUT2D eigenvalue weighted by atomic mass is 14.8. The van der Waals surface area contributed by atoms with Crippen LogP contribution >= 0.6 is 0 Å². The Morgan fingerprint density at radius 3 is 3.00 bits per heavy atom. The first-order chi connectivity index (χ1) is 3.93. The Kier molecular flexibility index (Phi) is 2.03. The van der Waals surface area contributed by atoms with Crippen molar-refractivity contribution in [2.24, 2.45) is 10.7 Å². The Balaban J connectivity index is 2.23. The van der Waals surface area contributed by atoms with Gasteiger partial charge in [-0.15, -0.1) is 0 Å². The first-order valence-electron chi connectivity index (χ1n) is 3.16. The molecule has 0 aliphatic carbocycles. The summed E-state index contributed by atoms with van der Waals surface area (Å²) in [4.78, 5) is 4.26. The molecule has 0 fully saturated rings. The Morgan fingerprint density at radius 1 is 1.62 bits per heavy atom. The molecule has 0 aromatic carbocycles. The lowest BCUT2D eigenvalue weighted by atomic mass is 10.2. The van der Waals surface area contributed by atoms with Crippen LogP contribution in [0.25, 0.3) is 0 Å². The van der Waals surface area contributed by atoms with Crippen molar-refractivity contribution in [2.75, 3.05) is 13.1 Å². The highest BCUT2D eigenvalue weighted by Crippen LogP contribution is 2.05. The van der Waals surface area contributed by atoms with E-state index in [1.165, 1.54) is 18.6 Å². The second-order valence-corrected chi connectivity index (χ2v) is 2.09. The topological polar surface area (TPSA) is 38.4 Å². The van der Waals surface area contributed by atoms with Crippen molar-refractivity contribution in [3.05, 3.63) is 0 Å². The van der Waals surface area contributed by atoms with E-state index in [1.54, 1.807) is 0 Å². The van der Waals surface area contributed by atoms with Gasteiger partial charge in [0.05, 0.1) is 0 Å². The van der Waals surface area contributed by atoms with Crippen LogP contribution in [-0.2, 0) is 0 Å². The molecule has 1 heterocycles. The summed E-state index contributed by atoms with van der Waals surface area (Å²) >= 11 is 0. The minimum Gasteiger partial charge on any atom is -0.330 e. The van der Waals surface area contributed by atoms with Crippen LogP contribution in [0.15, 0.2) is 4.99 Å². The largest absolute Gasteiger partial charge is 0.330 e. The highest BCUT2D eigenvalue weighted by molar-refractivity contribution is 5.85. The molecule has 0 radical (unpaired) electrons. The molecule has 0 aromatic rings. The van der Waals surface area contributed by atoms with Gasteiger partial charge in [0.2, 0.25) is 0 Å². The zero-order valence-electron chi connectivity index (χ0n) is 5.06. The molecule has 1 rings (SSSR count). The van der Waals surface area contributed by atoms with Gasteiger partial charge in [-0.3, -0.25) is 4.99 Å². The molecule has 0 atom stereocenters. The summed E-state index contributed by atoms with van der Waals surface area (Å²) in [5.41, 5.74) is 6.65. The van der Waals surface area contributed by atoms with E-state index in [0.717, 1.165) is 19.5 Å². The lowest BCUT2D eigenvalue weighted by Gasteiger charge is -1.91. The van der Waals surface area contributed by atoms with E-state index in [1.807, 2.05) is 0 Å². The molecule has 0 bridgehead atoms. The molecule has 0 unspecified atom stereocenters. The van der Waals surface area contributed by atoms with Crippen molar-refractivity contribution in [1.29, 1.82) is 0 Å². The zero-order chi connectivity index (χ0) is 5.82. The van der Waals surface area contributed by atoms with E-state index >= 15 is 0 Å². The standard InChI is InChI=1S/C6H12N2/c7-4-3-6-2-1-5-8-6/h1-5,7H2. The fourth-order valence-corrected chi connectivity index (χ4v) is 0.970. The Labute approximate surface area is 49.8 Å². The molecule has 0 spiro atoms. The normalized spacial score (nSPS) is 18.9. The molecule has 2 N–H and O–H groups in total. The number of nitrogens with two attached hydrogens (primary N) is 1. The molecule has 1 aliphatic heterocycles. The molecule has 1 aliphatic rings. The third-order valence-electron chi connectivity index (χ3n) is 1.39. The van der Waals surface area contributed by atoms with Crippen LogP contribution in [0.5, 0.6) is 0 Å². The fraction of sp³-hybridized carbons (Fsp3) is 0.833. The van der Waals surface area contributed by atoms with E-state index in [9.17, 15) is 0 Å². The summed E-state index contributed by atoms with van der Waals surface area (Å²) < 4.78 is 0. The van der Waals surface area contributed by atoms with Gasteiger partial charge in [-0.2, -0.15) is 0 Å². The lowest BCUT2D eigenvalue weighted by Crippen LogP contribution is -2.05. The summed E-state index contributed by atoms with van der Waals surface area (Å²) in [6.07, 6.45) is 3.45. The molecule has 46 valence electrons. The van der Waals surface area contributed by atoms with Gasteiger partial charge in [0.25, 0.3) is 0 Å². The highest BCUT2D eigenvalue weighted by Gasteiger charge is 2.02. The van der Waals surface area contributed by atoms with Crippen LogP contribution in [0.2, 0.25) is 0 Å². The summed E-state index contributed by atoms with van der Waals surface area (Å²) in [7, 11) is 0. The van der Waals surface area contributed by atoms with Gasteiger partial charge >= 0.3 is 0 Å². The molecular formula is C6H12N2. The predicted molar refractivity (Wildman–Crippen MR) is 35.2 cm³/mol. The van der Waals surface area contributed by atoms with Crippen LogP contribution in [-0.4, -0.2) is 18.8 Å². The van der Waals surface area contributed by atoms with Gasteiger partial charge in [-0.1, -0.05) is 0 Å². The van der Waals surface area contributed by atoms with Crippen LogP contribution in [0, 0.1) is 0 Å². The first kappa shape index (κ1) is 5.76. The first-order valence-corrected chi connectivity index (χ1v) is 3.16.